The minimum atomic E-state index is -0.359. The van der Waals surface area contributed by atoms with E-state index in [0.29, 0.717) is 13.0 Å². The molecule has 27 heavy (non-hydrogen) atoms. The second kappa shape index (κ2) is 9.43. The van der Waals surface area contributed by atoms with Crippen LogP contribution in [-0.4, -0.2) is 26.4 Å². The van der Waals surface area contributed by atoms with Crippen molar-refractivity contribution in [2.75, 3.05) is 5.75 Å². The molecule has 0 aliphatic carbocycles. The van der Waals surface area contributed by atoms with Crippen LogP contribution in [0, 0.1) is 0 Å². The largest absolute Gasteiger partial charge is 0.467 e. The highest BCUT2D eigenvalue weighted by Gasteiger charge is 2.14. The number of aryl methyl sites for hydroxylation is 1. The van der Waals surface area contributed by atoms with E-state index in [-0.39, 0.29) is 12.3 Å². The SMILES string of the molecule is NC(=O)CCc1nnc(SC/C=C/c2ccc(Cl)cc2)n1Cc1ccco1. The van der Waals surface area contributed by atoms with Crippen LogP contribution in [0.5, 0.6) is 0 Å². The number of amides is 1. The van der Waals surface area contributed by atoms with E-state index < -0.39 is 0 Å². The van der Waals surface area contributed by atoms with Gasteiger partial charge in [0.15, 0.2) is 5.16 Å². The van der Waals surface area contributed by atoms with Crippen LogP contribution in [-0.2, 0) is 17.8 Å². The number of nitrogens with zero attached hydrogens (tertiary/aromatic N) is 3. The van der Waals surface area contributed by atoms with Crippen molar-refractivity contribution in [1.82, 2.24) is 14.8 Å². The fourth-order valence-electron chi connectivity index (χ4n) is 2.44. The zero-order chi connectivity index (χ0) is 19.1. The summed E-state index contributed by atoms with van der Waals surface area (Å²) in [5.74, 6) is 1.89. The maximum Gasteiger partial charge on any atom is 0.217 e. The molecule has 0 bridgehead atoms. The summed E-state index contributed by atoms with van der Waals surface area (Å²) in [6, 6.07) is 11.4. The summed E-state index contributed by atoms with van der Waals surface area (Å²) in [6.45, 7) is 0.511. The highest BCUT2D eigenvalue weighted by Crippen LogP contribution is 2.20. The van der Waals surface area contributed by atoms with Gasteiger partial charge < -0.3 is 10.2 Å². The summed E-state index contributed by atoms with van der Waals surface area (Å²) in [6.07, 6.45) is 6.40. The molecule has 1 aromatic carbocycles. The molecule has 0 saturated carbocycles. The molecule has 8 heteroatoms. The molecule has 3 rings (SSSR count). The van der Waals surface area contributed by atoms with Crippen LogP contribution in [0.1, 0.15) is 23.6 Å². The quantitative estimate of drug-likeness (QED) is 0.550. The molecule has 0 fully saturated rings. The van der Waals surface area contributed by atoms with Gasteiger partial charge in [-0.3, -0.25) is 9.36 Å². The highest BCUT2D eigenvalue weighted by atomic mass is 35.5. The Morgan fingerprint density at radius 1 is 1.26 bits per heavy atom. The lowest BCUT2D eigenvalue weighted by atomic mass is 10.2. The number of primary amides is 1. The minimum Gasteiger partial charge on any atom is -0.467 e. The number of furan rings is 1. The number of halogens is 1. The van der Waals surface area contributed by atoms with E-state index in [1.807, 2.05) is 47.0 Å². The Morgan fingerprint density at radius 2 is 2.07 bits per heavy atom. The smallest absolute Gasteiger partial charge is 0.217 e. The molecule has 0 radical (unpaired) electrons. The third kappa shape index (κ3) is 5.74. The third-order valence-corrected chi connectivity index (χ3v) is 4.94. The summed E-state index contributed by atoms with van der Waals surface area (Å²) in [5, 5.41) is 9.97. The zero-order valence-electron chi connectivity index (χ0n) is 14.5. The van der Waals surface area contributed by atoms with Gasteiger partial charge in [0.25, 0.3) is 0 Å². The first-order chi connectivity index (χ1) is 13.1. The van der Waals surface area contributed by atoms with Crippen LogP contribution in [0.3, 0.4) is 0 Å². The van der Waals surface area contributed by atoms with Crippen molar-refractivity contribution in [3.63, 3.8) is 0 Å². The first-order valence-electron chi connectivity index (χ1n) is 8.39. The van der Waals surface area contributed by atoms with Gasteiger partial charge in [0.1, 0.15) is 11.6 Å². The first kappa shape index (κ1) is 19.3. The van der Waals surface area contributed by atoms with Crippen molar-refractivity contribution in [3.05, 3.63) is 70.9 Å². The average molecular weight is 403 g/mol. The van der Waals surface area contributed by atoms with E-state index in [4.69, 9.17) is 21.8 Å². The molecule has 3 aromatic rings. The Labute approximate surface area is 166 Å². The predicted molar refractivity (Wildman–Crippen MR) is 107 cm³/mol. The Kier molecular flexibility index (Phi) is 6.73. The molecule has 6 nitrogen and oxygen atoms in total. The van der Waals surface area contributed by atoms with E-state index in [1.54, 1.807) is 18.0 Å². The Balaban J connectivity index is 1.67. The minimum absolute atomic E-state index is 0.234. The fraction of sp³-hybridized carbons (Fsp3) is 0.211. The van der Waals surface area contributed by atoms with Crippen molar-refractivity contribution >= 4 is 35.3 Å². The van der Waals surface area contributed by atoms with Gasteiger partial charge in [0, 0.05) is 23.6 Å². The number of carbonyl (C=O) groups is 1. The van der Waals surface area contributed by atoms with Gasteiger partial charge >= 0.3 is 0 Å². The van der Waals surface area contributed by atoms with E-state index in [0.717, 1.165) is 33.1 Å². The Bertz CT molecular complexity index is 904. The van der Waals surface area contributed by atoms with Gasteiger partial charge in [0.05, 0.1) is 12.8 Å². The number of benzene rings is 1. The van der Waals surface area contributed by atoms with E-state index in [2.05, 4.69) is 16.3 Å². The fourth-order valence-corrected chi connectivity index (χ4v) is 3.34. The summed E-state index contributed by atoms with van der Waals surface area (Å²) in [7, 11) is 0. The van der Waals surface area contributed by atoms with Gasteiger partial charge in [-0.2, -0.15) is 0 Å². The number of rotatable bonds is 9. The van der Waals surface area contributed by atoms with Gasteiger partial charge in [-0.05, 0) is 29.8 Å². The Morgan fingerprint density at radius 3 is 2.78 bits per heavy atom. The van der Waals surface area contributed by atoms with Crippen LogP contribution in [0.15, 0.2) is 58.3 Å². The molecule has 0 atom stereocenters. The lowest BCUT2D eigenvalue weighted by Crippen LogP contribution is -2.14. The maximum atomic E-state index is 11.1. The normalized spacial score (nSPS) is 11.3. The molecular formula is C19H19ClN4O2S. The average Bonchev–Trinajstić information content (AvgIpc) is 3.29. The number of nitrogens with two attached hydrogens (primary N) is 1. The van der Waals surface area contributed by atoms with Crippen LogP contribution >= 0.6 is 23.4 Å². The molecule has 140 valence electrons. The first-order valence-corrected chi connectivity index (χ1v) is 9.76. The summed E-state index contributed by atoms with van der Waals surface area (Å²) in [4.78, 5) is 11.1. The van der Waals surface area contributed by atoms with Crippen molar-refractivity contribution < 1.29 is 9.21 Å². The molecule has 0 aliphatic rings. The molecule has 1 amide bonds. The van der Waals surface area contributed by atoms with Crippen LogP contribution < -0.4 is 5.73 Å². The van der Waals surface area contributed by atoms with Crippen LogP contribution in [0.25, 0.3) is 6.08 Å². The van der Waals surface area contributed by atoms with Gasteiger partial charge in [-0.15, -0.1) is 10.2 Å². The number of hydrogen-bond donors (Lipinski definition) is 1. The standard InChI is InChI=1S/C19H19ClN4O2S/c20-15-7-5-14(6-8-15)3-2-12-27-19-23-22-18(10-9-17(21)25)24(19)13-16-4-1-11-26-16/h1-8,11H,9-10,12-13H2,(H2,21,25)/b3-2+. The van der Waals surface area contributed by atoms with Gasteiger partial charge in [0.2, 0.25) is 5.91 Å². The summed E-state index contributed by atoms with van der Waals surface area (Å²) >= 11 is 7.46. The highest BCUT2D eigenvalue weighted by molar-refractivity contribution is 7.99. The second-order valence-electron chi connectivity index (χ2n) is 5.80. The molecule has 0 unspecified atom stereocenters. The number of aromatic nitrogens is 3. The topological polar surface area (TPSA) is 86.9 Å². The van der Waals surface area contributed by atoms with Crippen molar-refractivity contribution in [2.45, 2.75) is 24.5 Å². The van der Waals surface area contributed by atoms with Crippen LogP contribution in [0.2, 0.25) is 5.02 Å². The summed E-state index contributed by atoms with van der Waals surface area (Å²) < 4.78 is 7.39. The number of thioether (sulfide) groups is 1. The third-order valence-electron chi connectivity index (χ3n) is 3.77. The molecule has 2 aromatic heterocycles. The lowest BCUT2D eigenvalue weighted by Gasteiger charge is -2.07. The van der Waals surface area contributed by atoms with Crippen molar-refractivity contribution in [2.24, 2.45) is 5.73 Å². The summed E-state index contributed by atoms with van der Waals surface area (Å²) in [5.41, 5.74) is 6.34. The lowest BCUT2D eigenvalue weighted by molar-refractivity contribution is -0.118. The van der Waals surface area contributed by atoms with Crippen molar-refractivity contribution in [3.8, 4) is 0 Å². The molecular weight excluding hydrogens is 384 g/mol. The number of hydrogen-bond acceptors (Lipinski definition) is 5. The molecule has 0 aliphatic heterocycles. The molecule has 2 N–H and O–H groups in total. The van der Waals surface area contributed by atoms with Gasteiger partial charge in [-0.25, -0.2) is 0 Å². The molecule has 0 saturated heterocycles. The van der Waals surface area contributed by atoms with Crippen molar-refractivity contribution in [1.29, 1.82) is 0 Å². The van der Waals surface area contributed by atoms with E-state index in [9.17, 15) is 4.79 Å². The number of carbonyl (C=O) groups excluding carboxylic acids is 1. The monoisotopic (exact) mass is 402 g/mol. The second-order valence-corrected chi connectivity index (χ2v) is 7.22. The molecule has 2 heterocycles. The van der Waals surface area contributed by atoms with Crippen LogP contribution in [0.4, 0.5) is 0 Å². The van der Waals surface area contributed by atoms with E-state index >= 15 is 0 Å². The van der Waals surface area contributed by atoms with Gasteiger partial charge in [-0.1, -0.05) is 47.6 Å². The van der Waals surface area contributed by atoms with E-state index in [1.165, 1.54) is 0 Å². The Hall–Kier alpha value is -2.51. The predicted octanol–water partition coefficient (Wildman–Crippen LogP) is 3.80. The zero-order valence-corrected chi connectivity index (χ0v) is 16.1. The maximum absolute atomic E-state index is 11.1. The molecule has 0 spiro atoms.